The lowest BCUT2D eigenvalue weighted by Gasteiger charge is -2.09. The van der Waals surface area contributed by atoms with Crippen LogP contribution in [0.3, 0.4) is 0 Å². The number of nitrogens with zero attached hydrogens (tertiary/aromatic N) is 3. The molecule has 160 valence electrons. The second-order valence-corrected chi connectivity index (χ2v) is 8.77. The lowest BCUT2D eigenvalue weighted by Crippen LogP contribution is -2.16. The summed E-state index contributed by atoms with van der Waals surface area (Å²) in [5.41, 5.74) is 2.28. The predicted octanol–water partition coefficient (Wildman–Crippen LogP) is 5.26. The number of benzene rings is 1. The summed E-state index contributed by atoms with van der Waals surface area (Å²) in [7, 11) is 1.99. The van der Waals surface area contributed by atoms with Crippen LogP contribution < -0.4 is 10.3 Å². The molecular weight excluding hydrogens is 427 g/mol. The molecule has 9 heteroatoms. The van der Waals surface area contributed by atoms with Crippen molar-refractivity contribution in [1.82, 2.24) is 14.1 Å². The Labute approximate surface area is 179 Å². The molecule has 5 nitrogen and oxygen atoms in total. The number of fused-ring (bicyclic) bond motifs is 1. The highest BCUT2D eigenvalue weighted by molar-refractivity contribution is 7.12. The van der Waals surface area contributed by atoms with Crippen LogP contribution >= 0.6 is 11.3 Å². The Bertz CT molecular complexity index is 1330. The molecule has 0 atom stereocenters. The number of aryl methyl sites for hydroxylation is 1. The van der Waals surface area contributed by atoms with Crippen molar-refractivity contribution in [3.63, 3.8) is 0 Å². The maximum atomic E-state index is 12.7. The molecule has 1 fully saturated rings. The molecule has 0 aliphatic heterocycles. The number of hydrogen-bond acceptors (Lipinski definition) is 4. The molecule has 3 aromatic heterocycles. The maximum absolute atomic E-state index is 12.7. The molecule has 0 unspecified atom stereocenters. The van der Waals surface area contributed by atoms with Gasteiger partial charge in [0, 0.05) is 30.1 Å². The van der Waals surface area contributed by atoms with E-state index in [2.05, 4.69) is 4.57 Å². The molecule has 1 aliphatic carbocycles. The Balaban J connectivity index is 1.36. The average molecular weight is 445 g/mol. The van der Waals surface area contributed by atoms with Crippen LogP contribution in [0, 0.1) is 0 Å². The van der Waals surface area contributed by atoms with Crippen molar-refractivity contribution in [1.29, 1.82) is 0 Å². The average Bonchev–Trinajstić information content (AvgIpc) is 3.35. The fourth-order valence-corrected chi connectivity index (χ4v) is 4.37. The third kappa shape index (κ3) is 3.85. The van der Waals surface area contributed by atoms with E-state index in [4.69, 9.17) is 9.72 Å². The van der Waals surface area contributed by atoms with Crippen LogP contribution in [0.2, 0.25) is 0 Å². The van der Waals surface area contributed by atoms with E-state index >= 15 is 0 Å². The standard InChI is InChI=1S/C22H18F3N3O2S/c1-27-18-10-14(4-6-17(18)26-21(27)13-2-3-13)28-9-8-15(11-20(28)29)30-12-16-5-7-19(31-16)22(23,24)25/h4-11,13H,2-3,12H2,1H3. The van der Waals surface area contributed by atoms with Crippen molar-refractivity contribution in [3.8, 4) is 11.4 Å². The number of halogens is 3. The van der Waals surface area contributed by atoms with Gasteiger partial charge in [-0.05, 0) is 49.2 Å². The van der Waals surface area contributed by atoms with Crippen molar-refractivity contribution in [3.05, 3.63) is 74.6 Å². The van der Waals surface area contributed by atoms with Gasteiger partial charge in [-0.2, -0.15) is 13.2 Å². The zero-order chi connectivity index (χ0) is 21.8. The summed E-state index contributed by atoms with van der Waals surface area (Å²) in [5.74, 6) is 1.90. The molecular formula is C22H18F3N3O2S. The lowest BCUT2D eigenvalue weighted by molar-refractivity contribution is -0.134. The Morgan fingerprint density at radius 2 is 1.97 bits per heavy atom. The summed E-state index contributed by atoms with van der Waals surface area (Å²) >= 11 is 0.632. The summed E-state index contributed by atoms with van der Waals surface area (Å²) in [6.07, 6.45) is -0.438. The monoisotopic (exact) mass is 445 g/mol. The highest BCUT2D eigenvalue weighted by Crippen LogP contribution is 2.40. The summed E-state index contributed by atoms with van der Waals surface area (Å²) in [5, 5.41) is 0. The Morgan fingerprint density at radius 3 is 2.65 bits per heavy atom. The van der Waals surface area contributed by atoms with Gasteiger partial charge in [-0.3, -0.25) is 9.36 Å². The van der Waals surface area contributed by atoms with Crippen LogP contribution in [-0.2, 0) is 19.8 Å². The summed E-state index contributed by atoms with van der Waals surface area (Å²) < 4.78 is 47.2. The number of hydrogen-bond donors (Lipinski definition) is 0. The largest absolute Gasteiger partial charge is 0.488 e. The van der Waals surface area contributed by atoms with E-state index in [1.165, 1.54) is 16.7 Å². The lowest BCUT2D eigenvalue weighted by atomic mass is 10.2. The first-order chi connectivity index (χ1) is 14.8. The third-order valence-corrected chi connectivity index (χ3v) is 6.44. The van der Waals surface area contributed by atoms with Crippen molar-refractivity contribution in [2.75, 3.05) is 0 Å². The number of aromatic nitrogens is 3. The smallest absolute Gasteiger partial charge is 0.425 e. The minimum atomic E-state index is -4.36. The van der Waals surface area contributed by atoms with E-state index in [9.17, 15) is 18.0 Å². The topological polar surface area (TPSA) is 49.0 Å². The molecule has 1 saturated carbocycles. The Kier molecular flexibility index (Phi) is 4.65. The van der Waals surface area contributed by atoms with Gasteiger partial charge in [0.15, 0.2) is 0 Å². The van der Waals surface area contributed by atoms with E-state index in [1.54, 1.807) is 12.3 Å². The normalized spacial score (nSPS) is 14.3. The number of rotatable bonds is 5. The predicted molar refractivity (Wildman–Crippen MR) is 112 cm³/mol. The van der Waals surface area contributed by atoms with Gasteiger partial charge in [-0.1, -0.05) is 0 Å². The van der Waals surface area contributed by atoms with Gasteiger partial charge < -0.3 is 9.30 Å². The first-order valence-electron chi connectivity index (χ1n) is 9.78. The molecule has 0 amide bonds. The minimum Gasteiger partial charge on any atom is -0.488 e. The molecule has 31 heavy (non-hydrogen) atoms. The molecule has 1 aliphatic rings. The van der Waals surface area contributed by atoms with Crippen LogP contribution in [0.4, 0.5) is 13.2 Å². The molecule has 3 heterocycles. The highest BCUT2D eigenvalue weighted by Gasteiger charge is 2.32. The summed E-state index contributed by atoms with van der Waals surface area (Å²) in [4.78, 5) is 17.1. The number of imidazole rings is 1. The molecule has 0 radical (unpaired) electrons. The number of ether oxygens (including phenoxy) is 1. The zero-order valence-electron chi connectivity index (χ0n) is 16.5. The van der Waals surface area contributed by atoms with E-state index in [0.717, 1.165) is 35.8 Å². The first kappa shape index (κ1) is 19.9. The molecule has 4 aromatic rings. The maximum Gasteiger partial charge on any atom is 0.425 e. The second kappa shape index (κ2) is 7.26. The molecule has 1 aromatic carbocycles. The molecule has 0 spiro atoms. The second-order valence-electron chi connectivity index (χ2n) is 7.60. The fourth-order valence-electron chi connectivity index (χ4n) is 3.58. The van der Waals surface area contributed by atoms with Crippen LogP contribution in [0.15, 0.2) is 53.5 Å². The Hall–Kier alpha value is -3.07. The van der Waals surface area contributed by atoms with E-state index in [0.29, 0.717) is 33.6 Å². The van der Waals surface area contributed by atoms with Crippen molar-refractivity contribution in [2.45, 2.75) is 31.5 Å². The summed E-state index contributed by atoms with van der Waals surface area (Å²) in [6, 6.07) is 11.1. The van der Waals surface area contributed by atoms with Crippen molar-refractivity contribution >= 4 is 22.4 Å². The van der Waals surface area contributed by atoms with E-state index in [1.807, 2.05) is 25.2 Å². The van der Waals surface area contributed by atoms with Gasteiger partial charge in [0.1, 0.15) is 23.1 Å². The first-order valence-corrected chi connectivity index (χ1v) is 10.6. The van der Waals surface area contributed by atoms with Gasteiger partial charge >= 0.3 is 6.18 Å². The van der Waals surface area contributed by atoms with Crippen molar-refractivity contribution in [2.24, 2.45) is 7.05 Å². The van der Waals surface area contributed by atoms with Crippen molar-refractivity contribution < 1.29 is 17.9 Å². The van der Waals surface area contributed by atoms with Gasteiger partial charge in [0.2, 0.25) is 0 Å². The van der Waals surface area contributed by atoms with Gasteiger partial charge in [0.05, 0.1) is 16.7 Å². The van der Waals surface area contributed by atoms with Gasteiger partial charge in [0.25, 0.3) is 5.56 Å². The zero-order valence-corrected chi connectivity index (χ0v) is 17.3. The van der Waals surface area contributed by atoms with Crippen LogP contribution in [0.1, 0.15) is 34.3 Å². The molecule has 0 bridgehead atoms. The number of alkyl halides is 3. The van der Waals surface area contributed by atoms with Gasteiger partial charge in [-0.15, -0.1) is 11.3 Å². The fraction of sp³-hybridized carbons (Fsp3) is 0.273. The van der Waals surface area contributed by atoms with E-state index in [-0.39, 0.29) is 12.2 Å². The Morgan fingerprint density at radius 1 is 1.16 bits per heavy atom. The highest BCUT2D eigenvalue weighted by atomic mass is 32.1. The minimum absolute atomic E-state index is 0.0326. The molecule has 0 saturated heterocycles. The molecule has 5 rings (SSSR count). The molecule has 0 N–H and O–H groups in total. The number of pyridine rings is 1. The van der Waals surface area contributed by atoms with Crippen LogP contribution in [0.5, 0.6) is 5.75 Å². The SMILES string of the molecule is Cn1c(C2CC2)nc2ccc(-n3ccc(OCc4ccc(C(F)(F)F)s4)cc3=O)cc21. The summed E-state index contributed by atoms with van der Waals surface area (Å²) in [6.45, 7) is -0.0326. The van der Waals surface area contributed by atoms with E-state index < -0.39 is 11.1 Å². The van der Waals surface area contributed by atoms with Crippen LogP contribution in [-0.4, -0.2) is 14.1 Å². The van der Waals surface area contributed by atoms with Gasteiger partial charge in [-0.25, -0.2) is 4.98 Å². The van der Waals surface area contributed by atoms with Crippen LogP contribution in [0.25, 0.3) is 16.7 Å². The third-order valence-electron chi connectivity index (χ3n) is 5.33. The number of thiophene rings is 1. The quantitative estimate of drug-likeness (QED) is 0.421.